The van der Waals surface area contributed by atoms with Gasteiger partial charge in [0.25, 0.3) is 0 Å². The van der Waals surface area contributed by atoms with E-state index in [2.05, 4.69) is 26.0 Å². The first kappa shape index (κ1) is 41.6. The molecule has 7 aliphatic rings. The van der Waals surface area contributed by atoms with Crippen LogP contribution in [0.3, 0.4) is 0 Å². The van der Waals surface area contributed by atoms with Gasteiger partial charge in [-0.15, -0.1) is 0 Å². The van der Waals surface area contributed by atoms with E-state index in [1.165, 1.54) is 11.1 Å². The summed E-state index contributed by atoms with van der Waals surface area (Å²) in [5, 5.41) is 83.3. The molecule has 55 heavy (non-hydrogen) atoms. The summed E-state index contributed by atoms with van der Waals surface area (Å²) in [6.45, 7) is 9.17. The van der Waals surface area contributed by atoms with Crippen LogP contribution in [0, 0.1) is 40.4 Å². The highest BCUT2D eigenvalue weighted by Crippen LogP contribution is 2.65. The minimum atomic E-state index is -1.74. The summed E-state index contributed by atoms with van der Waals surface area (Å²) in [4.78, 5) is 13.7. The lowest BCUT2D eigenvalue weighted by Gasteiger charge is -2.54. The fourth-order valence-electron chi connectivity index (χ4n) is 11.8. The van der Waals surface area contributed by atoms with Gasteiger partial charge in [-0.05, 0) is 110 Å². The van der Waals surface area contributed by atoms with Crippen molar-refractivity contribution in [2.24, 2.45) is 40.4 Å². The standard InChI is InChI=1S/C41H64O14/c1-19(2)41(20(3)44)15-11-24(36(50)55-41)26-9-8-25-23-7-6-21-16-22(10-13-39(21,4)27(23)12-14-40(25,26)5)51-38-35(33(48)31(46)29(18-43)53-38)54-37-34(49)32(47)30(45)28(17-42)52-37/h7,12,19-22,24-26,28-35,37-38,42-49H,6,8-11,13-18H2,1-5H3/t20-,21+,22+,24-,25+,26-,28-,29-,30-,31-,32+,33+,34-,35-,37+,38-,39+,40+,41-/m1/s1. The number of carbonyl (C=O) groups excluding carboxylic acids is 1. The predicted octanol–water partition coefficient (Wildman–Crippen LogP) is 1.22. The summed E-state index contributed by atoms with van der Waals surface area (Å²) in [5.41, 5.74) is 1.78. The van der Waals surface area contributed by atoms with E-state index in [4.69, 9.17) is 23.7 Å². The van der Waals surface area contributed by atoms with Crippen molar-refractivity contribution in [3.63, 3.8) is 0 Å². The number of cyclic esters (lactones) is 1. The van der Waals surface area contributed by atoms with E-state index >= 15 is 0 Å². The molecular weight excluding hydrogens is 716 g/mol. The molecule has 0 amide bonds. The number of carbonyl (C=O) groups is 1. The second-order valence-corrected chi connectivity index (χ2v) is 18.5. The van der Waals surface area contributed by atoms with Gasteiger partial charge < -0.3 is 64.5 Å². The van der Waals surface area contributed by atoms with Crippen molar-refractivity contribution in [1.29, 1.82) is 0 Å². The Bertz CT molecular complexity index is 1460. The molecule has 7 rings (SSSR count). The Balaban J connectivity index is 1.04. The van der Waals surface area contributed by atoms with Crippen LogP contribution in [0.1, 0.15) is 92.4 Å². The molecule has 5 fully saturated rings. The maximum atomic E-state index is 13.7. The summed E-state index contributed by atoms with van der Waals surface area (Å²) in [5.74, 6) is 0.437. The number of aliphatic hydroxyl groups excluding tert-OH is 8. The van der Waals surface area contributed by atoms with E-state index in [0.717, 1.165) is 38.5 Å². The number of rotatable bonds is 9. The van der Waals surface area contributed by atoms with Gasteiger partial charge in [0.2, 0.25) is 0 Å². The number of allylic oxidation sites excluding steroid dienone is 4. The van der Waals surface area contributed by atoms with E-state index < -0.39 is 86.3 Å². The lowest BCUT2D eigenvalue weighted by atomic mass is 9.51. The monoisotopic (exact) mass is 780 g/mol. The molecule has 0 aromatic rings. The van der Waals surface area contributed by atoms with Crippen molar-refractivity contribution in [3.05, 3.63) is 23.3 Å². The molecular formula is C41H64O14. The molecule has 4 aliphatic carbocycles. The van der Waals surface area contributed by atoms with Crippen molar-refractivity contribution < 1.29 is 69.3 Å². The number of aliphatic hydroxyl groups is 8. The van der Waals surface area contributed by atoms with Crippen LogP contribution in [0.15, 0.2) is 23.3 Å². The Morgan fingerprint density at radius 1 is 0.818 bits per heavy atom. The maximum absolute atomic E-state index is 13.7. The van der Waals surface area contributed by atoms with Crippen LogP contribution in [0.5, 0.6) is 0 Å². The van der Waals surface area contributed by atoms with Gasteiger partial charge in [0.1, 0.15) is 54.4 Å². The second-order valence-electron chi connectivity index (χ2n) is 18.5. The van der Waals surface area contributed by atoms with Crippen molar-refractivity contribution >= 4 is 5.97 Å². The first-order valence-corrected chi connectivity index (χ1v) is 20.6. The predicted molar refractivity (Wildman–Crippen MR) is 195 cm³/mol. The average molecular weight is 781 g/mol. The third-order valence-electron chi connectivity index (χ3n) is 15.4. The third-order valence-corrected chi connectivity index (χ3v) is 15.4. The molecule has 19 atom stereocenters. The van der Waals surface area contributed by atoms with Crippen LogP contribution in [0.25, 0.3) is 0 Å². The quantitative estimate of drug-likeness (QED) is 0.154. The van der Waals surface area contributed by atoms with Crippen LogP contribution in [0.4, 0.5) is 0 Å². The molecule has 14 heteroatoms. The highest BCUT2D eigenvalue weighted by atomic mass is 16.8. The lowest BCUT2D eigenvalue weighted by Crippen LogP contribution is -2.65. The average Bonchev–Trinajstić information content (AvgIpc) is 3.51. The number of esters is 1. The SMILES string of the molecule is CC(C)[C@@]1([C@@H](C)O)CC[C@H]([C@H]2CC[C@H]3C4=CC[C@H]5C[C@@H](O[C@@H]6O[C@H](CO)[C@@H](O)[C@H](O)[C@H]6O[C@@H]6O[C@H](CO)[C@@H](O)[C@H](O)[C@H]6O)CC[C@]5(C)C4=CC[C@]23C)C(=O)O1. The molecule has 0 spiro atoms. The molecule has 3 heterocycles. The number of fused-ring (bicyclic) bond motifs is 5. The Kier molecular flexibility index (Phi) is 11.8. The van der Waals surface area contributed by atoms with Gasteiger partial charge >= 0.3 is 5.97 Å². The van der Waals surface area contributed by atoms with Crippen molar-refractivity contribution in [2.45, 2.75) is 172 Å². The molecule has 0 unspecified atom stereocenters. The molecule has 0 radical (unpaired) electrons. The summed E-state index contributed by atoms with van der Waals surface area (Å²) in [7, 11) is 0. The van der Waals surface area contributed by atoms with Crippen molar-refractivity contribution in [1.82, 2.24) is 0 Å². The number of hydrogen-bond acceptors (Lipinski definition) is 14. The first-order valence-electron chi connectivity index (χ1n) is 20.6. The Morgan fingerprint density at radius 2 is 1.49 bits per heavy atom. The Hall–Kier alpha value is -1.53. The molecule has 3 saturated heterocycles. The van der Waals surface area contributed by atoms with E-state index in [1.807, 2.05) is 13.8 Å². The molecule has 0 aromatic heterocycles. The van der Waals surface area contributed by atoms with Gasteiger partial charge in [0, 0.05) is 0 Å². The van der Waals surface area contributed by atoms with Gasteiger partial charge in [-0.1, -0.05) is 39.8 Å². The zero-order valence-electron chi connectivity index (χ0n) is 32.8. The summed E-state index contributed by atoms with van der Waals surface area (Å²) in [6.07, 6.45) is -3.96. The molecule has 0 bridgehead atoms. The van der Waals surface area contributed by atoms with E-state index in [0.29, 0.717) is 25.2 Å². The Morgan fingerprint density at radius 3 is 2.13 bits per heavy atom. The zero-order chi connectivity index (χ0) is 39.8. The van der Waals surface area contributed by atoms with E-state index in [9.17, 15) is 45.6 Å². The van der Waals surface area contributed by atoms with Gasteiger partial charge in [0.15, 0.2) is 12.6 Å². The first-order chi connectivity index (χ1) is 26.0. The van der Waals surface area contributed by atoms with E-state index in [-0.39, 0.29) is 46.6 Å². The van der Waals surface area contributed by atoms with Gasteiger partial charge in [-0.25, -0.2) is 0 Å². The molecule has 0 aromatic carbocycles. The fraction of sp³-hybridized carbons (Fsp3) is 0.878. The van der Waals surface area contributed by atoms with Crippen molar-refractivity contribution in [2.75, 3.05) is 13.2 Å². The molecule has 8 N–H and O–H groups in total. The van der Waals surface area contributed by atoms with Gasteiger partial charge in [-0.3, -0.25) is 4.79 Å². The molecule has 14 nitrogen and oxygen atoms in total. The minimum Gasteiger partial charge on any atom is -0.456 e. The van der Waals surface area contributed by atoms with Gasteiger partial charge in [0.05, 0.1) is 31.3 Å². The maximum Gasteiger partial charge on any atom is 0.309 e. The normalized spacial score (nSPS) is 50.7. The minimum absolute atomic E-state index is 0.0180. The van der Waals surface area contributed by atoms with Crippen LogP contribution in [-0.4, -0.2) is 139 Å². The Labute approximate surface area is 323 Å². The molecule has 312 valence electrons. The lowest BCUT2D eigenvalue weighted by molar-refractivity contribution is -0.372. The van der Waals surface area contributed by atoms with Gasteiger partial charge in [-0.2, -0.15) is 0 Å². The summed E-state index contributed by atoms with van der Waals surface area (Å²) < 4.78 is 30.0. The smallest absolute Gasteiger partial charge is 0.309 e. The summed E-state index contributed by atoms with van der Waals surface area (Å²) >= 11 is 0. The van der Waals surface area contributed by atoms with E-state index in [1.54, 1.807) is 6.92 Å². The zero-order valence-corrected chi connectivity index (χ0v) is 32.8. The van der Waals surface area contributed by atoms with Crippen LogP contribution in [0.2, 0.25) is 0 Å². The third kappa shape index (κ3) is 6.87. The van der Waals surface area contributed by atoms with Crippen LogP contribution < -0.4 is 0 Å². The molecule has 2 saturated carbocycles. The highest BCUT2D eigenvalue weighted by molar-refractivity contribution is 5.74. The van der Waals surface area contributed by atoms with Crippen LogP contribution >= 0.6 is 0 Å². The highest BCUT2D eigenvalue weighted by Gasteiger charge is 2.60. The van der Waals surface area contributed by atoms with Crippen molar-refractivity contribution in [3.8, 4) is 0 Å². The second kappa shape index (κ2) is 15.6. The topological polar surface area (TPSA) is 225 Å². The number of ether oxygens (including phenoxy) is 5. The molecule has 3 aliphatic heterocycles. The van der Waals surface area contributed by atoms with Crippen LogP contribution in [-0.2, 0) is 28.5 Å². The summed E-state index contributed by atoms with van der Waals surface area (Å²) in [6, 6.07) is 0. The number of hydrogen-bond donors (Lipinski definition) is 8. The largest absolute Gasteiger partial charge is 0.456 e. The fourth-order valence-corrected chi connectivity index (χ4v) is 11.8.